The maximum Gasteiger partial charge on any atom is 0.258 e. The summed E-state index contributed by atoms with van der Waals surface area (Å²) in [7, 11) is 0. The highest BCUT2D eigenvalue weighted by molar-refractivity contribution is 6.18. The first kappa shape index (κ1) is 16.6. The number of carbonyl (C=O) groups is 2. The topological polar surface area (TPSA) is 58.6 Å². The van der Waals surface area contributed by atoms with Crippen LogP contribution in [-0.4, -0.2) is 48.3 Å². The molecule has 1 aromatic carbocycles. The van der Waals surface area contributed by atoms with Crippen molar-refractivity contribution in [2.45, 2.75) is 25.3 Å². The van der Waals surface area contributed by atoms with Crippen LogP contribution in [0.2, 0.25) is 0 Å². The van der Waals surface area contributed by atoms with E-state index in [4.69, 9.17) is 16.3 Å². The number of amides is 2. The maximum absolute atomic E-state index is 11.9. The van der Waals surface area contributed by atoms with Crippen LogP contribution in [0.3, 0.4) is 0 Å². The Balaban J connectivity index is 1.67. The second kappa shape index (κ2) is 8.63. The van der Waals surface area contributed by atoms with E-state index in [1.54, 1.807) is 0 Å². The lowest BCUT2D eigenvalue weighted by atomic mass is 10.0. The van der Waals surface area contributed by atoms with E-state index >= 15 is 0 Å². The van der Waals surface area contributed by atoms with Gasteiger partial charge in [-0.2, -0.15) is 0 Å². The average molecular weight is 325 g/mol. The SMILES string of the molecule is O=C(COc1ccccc1)NC1CCN(C(=O)CCCl)CC1. The molecule has 0 aliphatic carbocycles. The van der Waals surface area contributed by atoms with Crippen molar-refractivity contribution in [3.63, 3.8) is 0 Å². The van der Waals surface area contributed by atoms with Crippen LogP contribution in [0.1, 0.15) is 19.3 Å². The molecule has 0 atom stereocenters. The number of nitrogens with zero attached hydrogens (tertiary/aromatic N) is 1. The molecule has 1 aliphatic heterocycles. The number of hydrogen-bond acceptors (Lipinski definition) is 3. The van der Waals surface area contributed by atoms with Gasteiger partial charge in [-0.25, -0.2) is 0 Å². The van der Waals surface area contributed by atoms with Gasteiger partial charge in [0.2, 0.25) is 5.91 Å². The lowest BCUT2D eigenvalue weighted by molar-refractivity contribution is -0.132. The Kier molecular flexibility index (Phi) is 6.52. The molecule has 2 rings (SSSR count). The van der Waals surface area contributed by atoms with Gasteiger partial charge < -0.3 is 15.0 Å². The van der Waals surface area contributed by atoms with Crippen molar-refractivity contribution in [2.24, 2.45) is 0 Å². The lowest BCUT2D eigenvalue weighted by Gasteiger charge is -2.32. The number of piperidine rings is 1. The third-order valence-corrected chi connectivity index (χ3v) is 3.82. The van der Waals surface area contributed by atoms with Gasteiger partial charge in [-0.3, -0.25) is 9.59 Å². The van der Waals surface area contributed by atoms with Crippen LogP contribution >= 0.6 is 11.6 Å². The Morgan fingerprint density at radius 1 is 1.23 bits per heavy atom. The van der Waals surface area contributed by atoms with Crippen molar-refractivity contribution < 1.29 is 14.3 Å². The minimum Gasteiger partial charge on any atom is -0.484 e. The van der Waals surface area contributed by atoms with E-state index in [0.717, 1.165) is 12.8 Å². The van der Waals surface area contributed by atoms with E-state index in [1.165, 1.54) is 0 Å². The number of alkyl halides is 1. The summed E-state index contributed by atoms with van der Waals surface area (Å²) in [5, 5.41) is 2.95. The van der Waals surface area contributed by atoms with E-state index in [0.29, 0.717) is 31.1 Å². The second-order valence-corrected chi connectivity index (χ2v) is 5.64. The van der Waals surface area contributed by atoms with Crippen molar-refractivity contribution >= 4 is 23.4 Å². The highest BCUT2D eigenvalue weighted by Crippen LogP contribution is 2.12. The number of nitrogens with one attached hydrogen (secondary N) is 1. The lowest BCUT2D eigenvalue weighted by Crippen LogP contribution is -2.47. The van der Waals surface area contributed by atoms with Gasteiger partial charge in [-0.1, -0.05) is 18.2 Å². The molecule has 2 amide bonds. The van der Waals surface area contributed by atoms with Crippen LogP contribution in [0.25, 0.3) is 0 Å². The summed E-state index contributed by atoms with van der Waals surface area (Å²) in [6, 6.07) is 9.35. The number of benzene rings is 1. The molecule has 0 radical (unpaired) electrons. The Hall–Kier alpha value is -1.75. The molecule has 1 aliphatic rings. The summed E-state index contributed by atoms with van der Waals surface area (Å²) in [5.74, 6) is 0.993. The molecular weight excluding hydrogens is 304 g/mol. The Bertz CT molecular complexity index is 487. The van der Waals surface area contributed by atoms with Gasteiger partial charge >= 0.3 is 0 Å². The largest absolute Gasteiger partial charge is 0.484 e. The summed E-state index contributed by atoms with van der Waals surface area (Å²) in [6.07, 6.45) is 1.92. The number of halogens is 1. The van der Waals surface area contributed by atoms with Crippen LogP contribution in [0.5, 0.6) is 5.75 Å². The molecular formula is C16H21ClN2O3. The van der Waals surface area contributed by atoms with E-state index < -0.39 is 0 Å². The first-order valence-corrected chi connectivity index (χ1v) is 8.03. The zero-order chi connectivity index (χ0) is 15.8. The molecule has 1 saturated heterocycles. The number of carbonyl (C=O) groups excluding carboxylic acids is 2. The number of para-hydroxylation sites is 1. The molecule has 0 saturated carbocycles. The van der Waals surface area contributed by atoms with E-state index in [9.17, 15) is 9.59 Å². The highest BCUT2D eigenvalue weighted by Gasteiger charge is 2.23. The fourth-order valence-electron chi connectivity index (χ4n) is 2.45. The van der Waals surface area contributed by atoms with Gasteiger partial charge in [-0.05, 0) is 25.0 Å². The third kappa shape index (κ3) is 5.22. The first-order chi connectivity index (χ1) is 10.7. The van der Waals surface area contributed by atoms with Crippen LogP contribution in [-0.2, 0) is 9.59 Å². The van der Waals surface area contributed by atoms with E-state index in [-0.39, 0.29) is 24.5 Å². The van der Waals surface area contributed by atoms with Crippen LogP contribution in [0.15, 0.2) is 30.3 Å². The summed E-state index contributed by atoms with van der Waals surface area (Å²) in [6.45, 7) is 1.34. The van der Waals surface area contributed by atoms with Crippen molar-refractivity contribution in [1.29, 1.82) is 0 Å². The number of rotatable bonds is 6. The number of hydrogen-bond donors (Lipinski definition) is 1. The van der Waals surface area contributed by atoms with Crippen molar-refractivity contribution in [1.82, 2.24) is 10.2 Å². The van der Waals surface area contributed by atoms with Gasteiger partial charge in [0.15, 0.2) is 6.61 Å². The van der Waals surface area contributed by atoms with Crippen molar-refractivity contribution in [3.05, 3.63) is 30.3 Å². The van der Waals surface area contributed by atoms with Gasteiger partial charge in [0.1, 0.15) is 5.75 Å². The molecule has 6 heteroatoms. The van der Waals surface area contributed by atoms with Gasteiger partial charge in [0.25, 0.3) is 5.91 Å². The third-order valence-electron chi connectivity index (χ3n) is 3.63. The van der Waals surface area contributed by atoms with Crippen LogP contribution in [0, 0.1) is 0 Å². The fraction of sp³-hybridized carbons (Fsp3) is 0.500. The van der Waals surface area contributed by atoms with Crippen LogP contribution in [0.4, 0.5) is 0 Å². The van der Waals surface area contributed by atoms with Gasteiger partial charge in [-0.15, -0.1) is 11.6 Å². The molecule has 5 nitrogen and oxygen atoms in total. The molecule has 0 spiro atoms. The predicted octanol–water partition coefficient (Wildman–Crippen LogP) is 1.80. The van der Waals surface area contributed by atoms with Crippen LogP contribution < -0.4 is 10.1 Å². The first-order valence-electron chi connectivity index (χ1n) is 7.50. The Labute approximate surface area is 135 Å². The zero-order valence-corrected chi connectivity index (χ0v) is 13.2. The minimum atomic E-state index is -0.130. The molecule has 120 valence electrons. The smallest absolute Gasteiger partial charge is 0.258 e. The maximum atomic E-state index is 11.9. The standard InChI is InChI=1S/C16H21ClN2O3/c17-9-6-16(21)19-10-7-13(8-11-19)18-15(20)12-22-14-4-2-1-3-5-14/h1-5,13H,6-12H2,(H,18,20). The quantitative estimate of drug-likeness (QED) is 0.812. The fourth-order valence-corrected chi connectivity index (χ4v) is 2.61. The summed E-state index contributed by atoms with van der Waals surface area (Å²) in [5.41, 5.74) is 0. The molecule has 1 aromatic rings. The molecule has 0 unspecified atom stereocenters. The molecule has 0 bridgehead atoms. The normalized spacial score (nSPS) is 15.4. The van der Waals surface area contributed by atoms with Crippen molar-refractivity contribution in [2.75, 3.05) is 25.6 Å². The van der Waals surface area contributed by atoms with Crippen molar-refractivity contribution in [3.8, 4) is 5.75 Å². The summed E-state index contributed by atoms with van der Waals surface area (Å²) >= 11 is 5.58. The molecule has 1 fully saturated rings. The molecule has 22 heavy (non-hydrogen) atoms. The summed E-state index contributed by atoms with van der Waals surface area (Å²) in [4.78, 5) is 25.4. The Morgan fingerprint density at radius 3 is 2.55 bits per heavy atom. The average Bonchev–Trinajstić information content (AvgIpc) is 2.55. The van der Waals surface area contributed by atoms with E-state index in [1.807, 2.05) is 35.2 Å². The predicted molar refractivity (Wildman–Crippen MR) is 85.0 cm³/mol. The number of ether oxygens (including phenoxy) is 1. The molecule has 1 N–H and O–H groups in total. The zero-order valence-electron chi connectivity index (χ0n) is 12.5. The highest BCUT2D eigenvalue weighted by atomic mass is 35.5. The minimum absolute atomic E-state index is 0.00933. The summed E-state index contributed by atoms with van der Waals surface area (Å²) < 4.78 is 5.41. The monoisotopic (exact) mass is 324 g/mol. The van der Waals surface area contributed by atoms with Gasteiger partial charge in [0, 0.05) is 31.4 Å². The van der Waals surface area contributed by atoms with Gasteiger partial charge in [0.05, 0.1) is 0 Å². The van der Waals surface area contributed by atoms with E-state index in [2.05, 4.69) is 5.32 Å². The Morgan fingerprint density at radius 2 is 1.91 bits per heavy atom. The second-order valence-electron chi connectivity index (χ2n) is 5.26. The molecule has 1 heterocycles. The number of likely N-dealkylation sites (tertiary alicyclic amines) is 1. The molecule has 0 aromatic heterocycles.